The number of amides is 3. The minimum Gasteiger partial charge on any atom is -0.350 e. The summed E-state index contributed by atoms with van der Waals surface area (Å²) >= 11 is 0. The van der Waals surface area contributed by atoms with Crippen molar-refractivity contribution in [2.24, 2.45) is 11.7 Å². The summed E-state index contributed by atoms with van der Waals surface area (Å²) in [4.78, 5) is 40.2. The molecule has 0 aromatic heterocycles. The number of nitrogens with two attached hydrogens (primary N) is 1. The van der Waals surface area contributed by atoms with Gasteiger partial charge in [0.2, 0.25) is 11.8 Å². The van der Waals surface area contributed by atoms with Crippen molar-refractivity contribution in [1.82, 2.24) is 20.4 Å². The van der Waals surface area contributed by atoms with Crippen LogP contribution < -0.4 is 16.4 Å². The number of nitrogens with zero attached hydrogens (tertiary/aromatic N) is 2. The summed E-state index contributed by atoms with van der Waals surface area (Å²) in [6.07, 6.45) is 0. The highest BCUT2D eigenvalue weighted by Crippen LogP contribution is 2.10. The van der Waals surface area contributed by atoms with Crippen LogP contribution in [0, 0.1) is 5.92 Å². The van der Waals surface area contributed by atoms with Crippen LogP contribution in [0.5, 0.6) is 0 Å². The first-order chi connectivity index (χ1) is 13.3. The Hall–Kier alpha value is -2.45. The average Bonchev–Trinajstić information content (AvgIpc) is 2.70. The van der Waals surface area contributed by atoms with Gasteiger partial charge in [0.25, 0.3) is 5.91 Å². The normalized spacial score (nSPS) is 16.0. The van der Waals surface area contributed by atoms with Crippen LogP contribution in [0.1, 0.15) is 29.8 Å². The predicted octanol–water partition coefficient (Wildman–Crippen LogP) is -0.210. The molecule has 1 heterocycles. The largest absolute Gasteiger partial charge is 0.350 e. The molecular weight excluding hydrogens is 358 g/mol. The SMILES string of the molecule is CC(C)[C@H](N)C(=O)NCC(=O)NCc1ccc(C(=O)N2CCN(C)CC2)cc1. The fourth-order valence-corrected chi connectivity index (χ4v) is 2.81. The van der Waals surface area contributed by atoms with Crippen molar-refractivity contribution < 1.29 is 14.4 Å². The summed E-state index contributed by atoms with van der Waals surface area (Å²) in [6.45, 7) is 7.15. The van der Waals surface area contributed by atoms with E-state index in [-0.39, 0.29) is 30.2 Å². The van der Waals surface area contributed by atoms with E-state index in [0.717, 1.165) is 31.7 Å². The smallest absolute Gasteiger partial charge is 0.253 e. The molecule has 28 heavy (non-hydrogen) atoms. The zero-order valence-corrected chi connectivity index (χ0v) is 16.9. The molecule has 1 aliphatic rings. The van der Waals surface area contributed by atoms with Gasteiger partial charge in [0.05, 0.1) is 12.6 Å². The van der Waals surface area contributed by atoms with E-state index in [1.165, 1.54) is 0 Å². The third-order valence-electron chi connectivity index (χ3n) is 4.93. The van der Waals surface area contributed by atoms with Crippen LogP contribution in [-0.2, 0) is 16.1 Å². The number of piperazine rings is 1. The molecule has 1 fully saturated rings. The molecule has 0 saturated carbocycles. The monoisotopic (exact) mass is 389 g/mol. The fourth-order valence-electron chi connectivity index (χ4n) is 2.81. The zero-order chi connectivity index (χ0) is 20.7. The fraction of sp³-hybridized carbons (Fsp3) is 0.550. The molecule has 3 amide bonds. The van der Waals surface area contributed by atoms with Crippen molar-refractivity contribution >= 4 is 17.7 Å². The number of benzene rings is 1. The van der Waals surface area contributed by atoms with E-state index in [1.807, 2.05) is 30.9 Å². The molecule has 1 aliphatic heterocycles. The number of rotatable bonds is 7. The summed E-state index contributed by atoms with van der Waals surface area (Å²) in [5.41, 5.74) is 7.26. The summed E-state index contributed by atoms with van der Waals surface area (Å²) in [7, 11) is 2.05. The third kappa shape index (κ3) is 6.31. The summed E-state index contributed by atoms with van der Waals surface area (Å²) < 4.78 is 0. The van der Waals surface area contributed by atoms with Crippen LogP contribution in [0.25, 0.3) is 0 Å². The third-order valence-corrected chi connectivity index (χ3v) is 4.93. The van der Waals surface area contributed by atoms with Gasteiger partial charge in [-0.15, -0.1) is 0 Å². The lowest BCUT2D eigenvalue weighted by Gasteiger charge is -2.32. The molecule has 0 unspecified atom stereocenters. The van der Waals surface area contributed by atoms with Crippen LogP contribution in [0.15, 0.2) is 24.3 Å². The lowest BCUT2D eigenvalue weighted by atomic mass is 10.1. The number of likely N-dealkylation sites (N-methyl/N-ethyl adjacent to an activating group) is 1. The van der Waals surface area contributed by atoms with Crippen LogP contribution in [-0.4, -0.2) is 73.3 Å². The number of nitrogens with one attached hydrogen (secondary N) is 2. The van der Waals surface area contributed by atoms with Gasteiger partial charge in [-0.05, 0) is 30.7 Å². The first-order valence-electron chi connectivity index (χ1n) is 9.64. The minimum atomic E-state index is -0.627. The van der Waals surface area contributed by atoms with Crippen LogP contribution >= 0.6 is 0 Å². The Morgan fingerprint density at radius 1 is 1.04 bits per heavy atom. The Morgan fingerprint density at radius 2 is 1.64 bits per heavy atom. The Kier molecular flexibility index (Phi) is 7.95. The van der Waals surface area contributed by atoms with E-state index < -0.39 is 6.04 Å². The lowest BCUT2D eigenvalue weighted by molar-refractivity contribution is -0.127. The van der Waals surface area contributed by atoms with E-state index in [9.17, 15) is 14.4 Å². The molecule has 0 spiro atoms. The summed E-state index contributed by atoms with van der Waals surface area (Å²) in [6, 6.07) is 6.60. The maximum atomic E-state index is 12.5. The topological polar surface area (TPSA) is 108 Å². The van der Waals surface area contributed by atoms with E-state index in [0.29, 0.717) is 12.1 Å². The van der Waals surface area contributed by atoms with Crippen molar-refractivity contribution in [3.05, 3.63) is 35.4 Å². The highest BCUT2D eigenvalue weighted by Gasteiger charge is 2.20. The van der Waals surface area contributed by atoms with E-state index in [1.54, 1.807) is 12.1 Å². The second-order valence-electron chi connectivity index (χ2n) is 7.56. The Balaban J connectivity index is 1.77. The van der Waals surface area contributed by atoms with Crippen molar-refractivity contribution in [2.75, 3.05) is 39.8 Å². The predicted molar refractivity (Wildman–Crippen MR) is 108 cm³/mol. The highest BCUT2D eigenvalue weighted by atomic mass is 16.2. The minimum absolute atomic E-state index is 0.00938. The van der Waals surface area contributed by atoms with Crippen molar-refractivity contribution in [2.45, 2.75) is 26.4 Å². The molecule has 4 N–H and O–H groups in total. The molecular formula is C20H31N5O3. The quantitative estimate of drug-likeness (QED) is 0.598. The molecule has 1 aromatic carbocycles. The van der Waals surface area contributed by atoms with Gasteiger partial charge in [-0.1, -0.05) is 26.0 Å². The summed E-state index contributed by atoms with van der Waals surface area (Å²) in [5, 5.41) is 5.28. The Morgan fingerprint density at radius 3 is 2.21 bits per heavy atom. The van der Waals surface area contributed by atoms with E-state index in [2.05, 4.69) is 22.6 Å². The molecule has 2 rings (SSSR count). The van der Waals surface area contributed by atoms with Gasteiger partial charge in [0.1, 0.15) is 0 Å². The molecule has 1 atom stereocenters. The standard InChI is InChI=1S/C20H31N5O3/c1-14(2)18(21)19(27)23-13-17(26)22-12-15-4-6-16(7-5-15)20(28)25-10-8-24(3)9-11-25/h4-7,14,18H,8-13,21H2,1-3H3,(H,22,26)(H,23,27)/t18-/m0/s1. The van der Waals surface area contributed by atoms with Crippen molar-refractivity contribution in [3.8, 4) is 0 Å². The molecule has 8 nitrogen and oxygen atoms in total. The molecule has 154 valence electrons. The highest BCUT2D eigenvalue weighted by molar-refractivity contribution is 5.94. The van der Waals surface area contributed by atoms with E-state index in [4.69, 9.17) is 5.73 Å². The van der Waals surface area contributed by atoms with Gasteiger partial charge < -0.3 is 26.2 Å². The van der Waals surface area contributed by atoms with Gasteiger partial charge in [0, 0.05) is 38.3 Å². The molecule has 1 saturated heterocycles. The van der Waals surface area contributed by atoms with Crippen LogP contribution in [0.4, 0.5) is 0 Å². The molecule has 1 aromatic rings. The molecule has 8 heteroatoms. The van der Waals surface area contributed by atoms with Gasteiger partial charge >= 0.3 is 0 Å². The van der Waals surface area contributed by atoms with Crippen molar-refractivity contribution in [1.29, 1.82) is 0 Å². The molecule has 0 bridgehead atoms. The maximum absolute atomic E-state index is 12.5. The lowest BCUT2D eigenvalue weighted by Crippen LogP contribution is -2.47. The maximum Gasteiger partial charge on any atom is 0.253 e. The summed E-state index contributed by atoms with van der Waals surface area (Å²) in [5.74, 6) is -0.582. The van der Waals surface area contributed by atoms with Crippen molar-refractivity contribution in [3.63, 3.8) is 0 Å². The van der Waals surface area contributed by atoms with E-state index >= 15 is 0 Å². The van der Waals surface area contributed by atoms with Crippen LogP contribution in [0.2, 0.25) is 0 Å². The second-order valence-corrected chi connectivity index (χ2v) is 7.56. The van der Waals surface area contributed by atoms with Crippen LogP contribution in [0.3, 0.4) is 0 Å². The first-order valence-corrected chi connectivity index (χ1v) is 9.64. The Bertz CT molecular complexity index is 682. The van der Waals surface area contributed by atoms with Gasteiger partial charge in [-0.3, -0.25) is 14.4 Å². The number of hydrogen-bond donors (Lipinski definition) is 3. The number of carbonyl (C=O) groups is 3. The van der Waals surface area contributed by atoms with Gasteiger partial charge in [-0.25, -0.2) is 0 Å². The molecule has 0 radical (unpaired) electrons. The number of carbonyl (C=O) groups excluding carboxylic acids is 3. The Labute approximate surface area is 166 Å². The number of hydrogen-bond acceptors (Lipinski definition) is 5. The zero-order valence-electron chi connectivity index (χ0n) is 16.9. The second kappa shape index (κ2) is 10.2. The molecule has 0 aliphatic carbocycles. The first kappa shape index (κ1) is 21.8. The average molecular weight is 390 g/mol. The van der Waals surface area contributed by atoms with Gasteiger partial charge in [0.15, 0.2) is 0 Å². The van der Waals surface area contributed by atoms with Gasteiger partial charge in [-0.2, -0.15) is 0 Å².